The molecule has 1 aromatic rings. The minimum absolute atomic E-state index is 0.0963. The van der Waals surface area contributed by atoms with Crippen LogP contribution in [0, 0.1) is 23.0 Å². The molecule has 0 aromatic carbocycles. The van der Waals surface area contributed by atoms with Crippen LogP contribution in [0.5, 0.6) is 0 Å². The molecule has 2 fully saturated rings. The van der Waals surface area contributed by atoms with E-state index in [2.05, 4.69) is 15.2 Å². The van der Waals surface area contributed by atoms with Crippen LogP contribution in [0.2, 0.25) is 0 Å². The summed E-state index contributed by atoms with van der Waals surface area (Å²) in [7, 11) is 0. The number of nitrogens with zero attached hydrogens (tertiary/aromatic N) is 3. The molecule has 1 aromatic heterocycles. The SMILES string of the molecule is Cc1nc(N2CC[C@H]3CNC[C@H]32)ccc1[N+](=O)[O-]. The van der Waals surface area contributed by atoms with Crippen LogP contribution < -0.4 is 10.2 Å². The Bertz CT molecular complexity index is 491. The summed E-state index contributed by atoms with van der Waals surface area (Å²) in [4.78, 5) is 17.1. The largest absolute Gasteiger partial charge is 0.352 e. The minimum atomic E-state index is -0.379. The maximum absolute atomic E-state index is 10.8. The highest BCUT2D eigenvalue weighted by atomic mass is 16.6. The van der Waals surface area contributed by atoms with E-state index in [4.69, 9.17) is 0 Å². The van der Waals surface area contributed by atoms with Gasteiger partial charge in [-0.2, -0.15) is 0 Å². The van der Waals surface area contributed by atoms with Crippen molar-refractivity contribution < 1.29 is 4.92 Å². The van der Waals surface area contributed by atoms with E-state index in [9.17, 15) is 10.1 Å². The van der Waals surface area contributed by atoms with Gasteiger partial charge in [-0.05, 0) is 25.3 Å². The van der Waals surface area contributed by atoms with Gasteiger partial charge in [0, 0.05) is 31.7 Å². The van der Waals surface area contributed by atoms with Crippen LogP contribution in [0.1, 0.15) is 12.1 Å². The van der Waals surface area contributed by atoms with Gasteiger partial charge < -0.3 is 10.2 Å². The van der Waals surface area contributed by atoms with Crippen molar-refractivity contribution in [3.8, 4) is 0 Å². The molecule has 0 radical (unpaired) electrons. The number of pyridine rings is 1. The average molecular weight is 248 g/mol. The molecule has 6 nitrogen and oxygen atoms in total. The van der Waals surface area contributed by atoms with Crippen molar-refractivity contribution in [3.05, 3.63) is 27.9 Å². The highest BCUT2D eigenvalue weighted by Gasteiger charge is 2.38. The summed E-state index contributed by atoms with van der Waals surface area (Å²) < 4.78 is 0. The normalized spacial score (nSPS) is 26.4. The smallest absolute Gasteiger partial charge is 0.290 e. The summed E-state index contributed by atoms with van der Waals surface area (Å²) in [6.07, 6.45) is 1.18. The van der Waals surface area contributed by atoms with Gasteiger partial charge in [-0.25, -0.2) is 4.98 Å². The van der Waals surface area contributed by atoms with Gasteiger partial charge in [-0.15, -0.1) is 0 Å². The Labute approximate surface area is 105 Å². The second kappa shape index (κ2) is 4.20. The first-order chi connectivity index (χ1) is 8.66. The topological polar surface area (TPSA) is 71.3 Å². The molecule has 18 heavy (non-hydrogen) atoms. The first kappa shape index (κ1) is 11.4. The van der Waals surface area contributed by atoms with Crippen molar-refractivity contribution >= 4 is 11.5 Å². The molecule has 2 aliphatic rings. The lowest BCUT2D eigenvalue weighted by atomic mass is 10.1. The Kier molecular flexibility index (Phi) is 2.66. The van der Waals surface area contributed by atoms with Crippen molar-refractivity contribution in [3.63, 3.8) is 0 Å². The van der Waals surface area contributed by atoms with E-state index >= 15 is 0 Å². The van der Waals surface area contributed by atoms with Gasteiger partial charge in [0.1, 0.15) is 11.5 Å². The summed E-state index contributed by atoms with van der Waals surface area (Å²) in [5.74, 6) is 1.57. The number of hydrogen-bond acceptors (Lipinski definition) is 5. The summed E-state index contributed by atoms with van der Waals surface area (Å²) in [5.41, 5.74) is 0.589. The lowest BCUT2D eigenvalue weighted by Crippen LogP contribution is -2.34. The summed E-state index contributed by atoms with van der Waals surface area (Å²) >= 11 is 0. The number of aromatic nitrogens is 1. The highest BCUT2D eigenvalue weighted by Crippen LogP contribution is 2.32. The average Bonchev–Trinajstić information content (AvgIpc) is 2.89. The Morgan fingerprint density at radius 3 is 3.06 bits per heavy atom. The van der Waals surface area contributed by atoms with Crippen molar-refractivity contribution in [2.45, 2.75) is 19.4 Å². The molecule has 2 aliphatic heterocycles. The Hall–Kier alpha value is -1.69. The molecule has 96 valence electrons. The standard InChI is InChI=1S/C12H16N4O2/c1-8-10(16(17)18)2-3-12(14-8)15-5-4-9-6-13-7-11(9)15/h2-3,9,11,13H,4-7H2,1H3/t9-,11+/m0/s1. The summed E-state index contributed by atoms with van der Waals surface area (Å²) in [6, 6.07) is 3.83. The molecular formula is C12H16N4O2. The van der Waals surface area contributed by atoms with Crippen LogP contribution >= 0.6 is 0 Å². The van der Waals surface area contributed by atoms with Gasteiger partial charge >= 0.3 is 0 Å². The van der Waals surface area contributed by atoms with E-state index in [1.54, 1.807) is 19.1 Å². The molecular weight excluding hydrogens is 232 g/mol. The van der Waals surface area contributed by atoms with E-state index in [1.807, 2.05) is 0 Å². The van der Waals surface area contributed by atoms with E-state index in [0.29, 0.717) is 17.7 Å². The van der Waals surface area contributed by atoms with Gasteiger partial charge in [0.15, 0.2) is 0 Å². The molecule has 2 saturated heterocycles. The fourth-order valence-electron chi connectivity index (χ4n) is 3.03. The van der Waals surface area contributed by atoms with Crippen molar-refractivity contribution in [2.75, 3.05) is 24.5 Å². The van der Waals surface area contributed by atoms with Gasteiger partial charge in [0.2, 0.25) is 0 Å². The van der Waals surface area contributed by atoms with Crippen LogP contribution in [0.15, 0.2) is 12.1 Å². The van der Waals surface area contributed by atoms with E-state index in [-0.39, 0.29) is 10.6 Å². The van der Waals surface area contributed by atoms with E-state index in [1.165, 1.54) is 6.42 Å². The molecule has 3 rings (SSSR count). The molecule has 0 bridgehead atoms. The third-order valence-corrected chi connectivity index (χ3v) is 3.98. The zero-order valence-corrected chi connectivity index (χ0v) is 10.3. The van der Waals surface area contributed by atoms with Crippen molar-refractivity contribution in [2.24, 2.45) is 5.92 Å². The maximum atomic E-state index is 10.8. The zero-order valence-electron chi connectivity index (χ0n) is 10.3. The van der Waals surface area contributed by atoms with Gasteiger partial charge in [-0.3, -0.25) is 10.1 Å². The molecule has 6 heteroatoms. The van der Waals surface area contributed by atoms with Crippen LogP contribution in [-0.4, -0.2) is 35.6 Å². The van der Waals surface area contributed by atoms with Gasteiger partial charge in [-0.1, -0.05) is 0 Å². The number of fused-ring (bicyclic) bond motifs is 1. The number of nitro groups is 1. The second-order valence-corrected chi connectivity index (χ2v) is 5.00. The number of hydrogen-bond donors (Lipinski definition) is 1. The fourth-order valence-corrected chi connectivity index (χ4v) is 3.03. The third kappa shape index (κ3) is 1.73. The Balaban J connectivity index is 1.89. The van der Waals surface area contributed by atoms with Gasteiger partial charge in [0.25, 0.3) is 5.69 Å². The predicted octanol–water partition coefficient (Wildman–Crippen LogP) is 1.10. The molecule has 0 saturated carbocycles. The quantitative estimate of drug-likeness (QED) is 0.626. The van der Waals surface area contributed by atoms with Crippen LogP contribution in [0.25, 0.3) is 0 Å². The number of anilines is 1. The minimum Gasteiger partial charge on any atom is -0.352 e. The zero-order chi connectivity index (χ0) is 12.7. The van der Waals surface area contributed by atoms with Crippen LogP contribution in [-0.2, 0) is 0 Å². The molecule has 0 amide bonds. The summed E-state index contributed by atoms with van der Waals surface area (Å²) in [6.45, 7) is 4.76. The first-order valence-corrected chi connectivity index (χ1v) is 6.26. The lowest BCUT2D eigenvalue weighted by Gasteiger charge is -2.24. The predicted molar refractivity (Wildman–Crippen MR) is 67.7 cm³/mol. The number of nitrogens with one attached hydrogen (secondary N) is 1. The third-order valence-electron chi connectivity index (χ3n) is 3.98. The molecule has 0 aliphatic carbocycles. The molecule has 3 heterocycles. The Morgan fingerprint density at radius 1 is 1.50 bits per heavy atom. The molecule has 0 spiro atoms. The highest BCUT2D eigenvalue weighted by molar-refractivity contribution is 5.48. The number of aryl methyl sites for hydroxylation is 1. The van der Waals surface area contributed by atoms with Gasteiger partial charge in [0.05, 0.1) is 4.92 Å². The van der Waals surface area contributed by atoms with Crippen molar-refractivity contribution in [1.29, 1.82) is 0 Å². The fraction of sp³-hybridized carbons (Fsp3) is 0.583. The maximum Gasteiger partial charge on any atom is 0.290 e. The Morgan fingerprint density at radius 2 is 2.33 bits per heavy atom. The second-order valence-electron chi connectivity index (χ2n) is 5.00. The number of rotatable bonds is 2. The van der Waals surface area contributed by atoms with Crippen LogP contribution in [0.3, 0.4) is 0 Å². The van der Waals surface area contributed by atoms with E-state index < -0.39 is 0 Å². The molecule has 0 unspecified atom stereocenters. The molecule has 1 N–H and O–H groups in total. The van der Waals surface area contributed by atoms with Crippen LogP contribution in [0.4, 0.5) is 11.5 Å². The summed E-state index contributed by atoms with van der Waals surface area (Å²) in [5, 5.41) is 14.2. The lowest BCUT2D eigenvalue weighted by molar-refractivity contribution is -0.385. The van der Waals surface area contributed by atoms with Crippen molar-refractivity contribution in [1.82, 2.24) is 10.3 Å². The molecule has 2 atom stereocenters. The monoisotopic (exact) mass is 248 g/mol. The first-order valence-electron chi connectivity index (χ1n) is 6.26. The van der Waals surface area contributed by atoms with E-state index in [0.717, 1.165) is 25.5 Å².